The van der Waals surface area contributed by atoms with E-state index < -0.39 is 0 Å². The molecule has 0 radical (unpaired) electrons. The topological polar surface area (TPSA) is 35.5 Å². The molecule has 1 saturated carbocycles. The summed E-state index contributed by atoms with van der Waals surface area (Å²) >= 11 is 0. The first kappa shape index (κ1) is 15.6. The quantitative estimate of drug-likeness (QED) is 0.735. The zero-order valence-corrected chi connectivity index (χ0v) is 13.6. The SMILES string of the molecule is CCOC(=O)C1(C)CC(c2cccc(Oc3ccccc3)c2)C1. The van der Waals surface area contributed by atoms with Crippen LogP contribution in [0.1, 0.15) is 38.2 Å². The molecule has 2 aromatic carbocycles. The second-order valence-corrected chi connectivity index (χ2v) is 6.37. The van der Waals surface area contributed by atoms with Gasteiger partial charge in [-0.3, -0.25) is 4.79 Å². The summed E-state index contributed by atoms with van der Waals surface area (Å²) in [6, 6.07) is 17.9. The van der Waals surface area contributed by atoms with Crippen molar-refractivity contribution in [1.29, 1.82) is 0 Å². The van der Waals surface area contributed by atoms with Crippen LogP contribution >= 0.6 is 0 Å². The Morgan fingerprint density at radius 3 is 2.48 bits per heavy atom. The van der Waals surface area contributed by atoms with Crippen LogP contribution in [-0.4, -0.2) is 12.6 Å². The number of rotatable bonds is 5. The lowest BCUT2D eigenvalue weighted by Gasteiger charge is -2.43. The maximum Gasteiger partial charge on any atom is 0.311 e. The molecular formula is C20H22O3. The third-order valence-electron chi connectivity index (χ3n) is 4.47. The molecule has 120 valence electrons. The van der Waals surface area contributed by atoms with Gasteiger partial charge in [-0.05, 0) is 62.4 Å². The predicted molar refractivity (Wildman–Crippen MR) is 89.7 cm³/mol. The first-order chi connectivity index (χ1) is 11.1. The normalized spacial score (nSPS) is 23.0. The van der Waals surface area contributed by atoms with E-state index in [1.165, 1.54) is 5.56 Å². The lowest BCUT2D eigenvalue weighted by molar-refractivity contribution is -0.160. The van der Waals surface area contributed by atoms with E-state index in [2.05, 4.69) is 12.1 Å². The molecule has 0 atom stereocenters. The Morgan fingerprint density at radius 2 is 1.78 bits per heavy atom. The average Bonchev–Trinajstić information content (AvgIpc) is 2.53. The summed E-state index contributed by atoms with van der Waals surface area (Å²) in [5, 5.41) is 0. The Bertz CT molecular complexity index is 672. The third-order valence-corrected chi connectivity index (χ3v) is 4.47. The molecule has 3 nitrogen and oxygen atoms in total. The average molecular weight is 310 g/mol. The second-order valence-electron chi connectivity index (χ2n) is 6.37. The van der Waals surface area contributed by atoms with Gasteiger partial charge in [0.15, 0.2) is 0 Å². The molecule has 2 aromatic rings. The molecule has 0 amide bonds. The molecule has 3 rings (SSSR count). The summed E-state index contributed by atoms with van der Waals surface area (Å²) < 4.78 is 11.1. The smallest absolute Gasteiger partial charge is 0.311 e. The monoisotopic (exact) mass is 310 g/mol. The molecule has 1 aliphatic carbocycles. The van der Waals surface area contributed by atoms with Crippen LogP contribution in [-0.2, 0) is 9.53 Å². The van der Waals surface area contributed by atoms with Crippen LogP contribution in [0.3, 0.4) is 0 Å². The maximum atomic E-state index is 12.0. The minimum absolute atomic E-state index is 0.0760. The summed E-state index contributed by atoms with van der Waals surface area (Å²) in [6.07, 6.45) is 1.67. The summed E-state index contributed by atoms with van der Waals surface area (Å²) in [5.74, 6) is 1.98. The second kappa shape index (κ2) is 6.45. The van der Waals surface area contributed by atoms with Gasteiger partial charge in [0.25, 0.3) is 0 Å². The lowest BCUT2D eigenvalue weighted by atomic mass is 9.61. The minimum atomic E-state index is -0.336. The highest BCUT2D eigenvalue weighted by atomic mass is 16.5. The number of esters is 1. The number of hydrogen-bond donors (Lipinski definition) is 0. The van der Waals surface area contributed by atoms with Crippen LogP contribution in [0.15, 0.2) is 54.6 Å². The molecule has 0 heterocycles. The van der Waals surface area contributed by atoms with Crippen molar-refractivity contribution in [3.8, 4) is 11.5 Å². The summed E-state index contributed by atoms with van der Waals surface area (Å²) in [7, 11) is 0. The summed E-state index contributed by atoms with van der Waals surface area (Å²) in [6.45, 7) is 4.28. The van der Waals surface area contributed by atoms with Crippen LogP contribution < -0.4 is 4.74 Å². The number of para-hydroxylation sites is 1. The van der Waals surface area contributed by atoms with Gasteiger partial charge in [0.2, 0.25) is 0 Å². The number of hydrogen-bond acceptors (Lipinski definition) is 3. The van der Waals surface area contributed by atoms with Gasteiger partial charge < -0.3 is 9.47 Å². The van der Waals surface area contributed by atoms with Gasteiger partial charge in [0.1, 0.15) is 11.5 Å². The Morgan fingerprint density at radius 1 is 1.09 bits per heavy atom. The van der Waals surface area contributed by atoms with Crippen molar-refractivity contribution >= 4 is 5.97 Å². The van der Waals surface area contributed by atoms with Crippen molar-refractivity contribution in [2.75, 3.05) is 6.61 Å². The van der Waals surface area contributed by atoms with Gasteiger partial charge in [-0.25, -0.2) is 0 Å². The van der Waals surface area contributed by atoms with Crippen LogP contribution in [0.2, 0.25) is 0 Å². The van der Waals surface area contributed by atoms with Crippen molar-refractivity contribution < 1.29 is 14.3 Å². The van der Waals surface area contributed by atoms with Crippen molar-refractivity contribution in [3.63, 3.8) is 0 Å². The molecule has 23 heavy (non-hydrogen) atoms. The highest BCUT2D eigenvalue weighted by Crippen LogP contribution is 2.52. The third kappa shape index (κ3) is 3.39. The zero-order chi connectivity index (χ0) is 16.3. The molecule has 0 aromatic heterocycles. The van der Waals surface area contributed by atoms with E-state index in [1.54, 1.807) is 0 Å². The first-order valence-corrected chi connectivity index (χ1v) is 8.11. The minimum Gasteiger partial charge on any atom is -0.466 e. The van der Waals surface area contributed by atoms with E-state index in [1.807, 2.05) is 56.3 Å². The molecule has 0 bridgehead atoms. The molecule has 0 unspecified atom stereocenters. The lowest BCUT2D eigenvalue weighted by Crippen LogP contribution is -2.41. The Balaban J connectivity index is 1.66. The largest absolute Gasteiger partial charge is 0.466 e. The molecule has 1 fully saturated rings. The van der Waals surface area contributed by atoms with E-state index in [4.69, 9.17) is 9.47 Å². The Kier molecular flexibility index (Phi) is 4.37. The first-order valence-electron chi connectivity index (χ1n) is 8.11. The van der Waals surface area contributed by atoms with E-state index in [9.17, 15) is 4.79 Å². The van der Waals surface area contributed by atoms with Crippen LogP contribution in [0.5, 0.6) is 11.5 Å². The van der Waals surface area contributed by atoms with Gasteiger partial charge in [-0.1, -0.05) is 30.3 Å². The molecule has 0 N–H and O–H groups in total. The highest BCUT2D eigenvalue weighted by molar-refractivity contribution is 5.78. The van der Waals surface area contributed by atoms with Crippen LogP contribution in [0, 0.1) is 5.41 Å². The van der Waals surface area contributed by atoms with Gasteiger partial charge in [0.05, 0.1) is 12.0 Å². The maximum absolute atomic E-state index is 12.0. The fourth-order valence-electron chi connectivity index (χ4n) is 3.19. The molecule has 0 aliphatic heterocycles. The number of carbonyl (C=O) groups excluding carboxylic acids is 1. The van der Waals surface area contributed by atoms with Gasteiger partial charge >= 0.3 is 5.97 Å². The van der Waals surface area contributed by atoms with Gasteiger partial charge in [0, 0.05) is 0 Å². The van der Waals surface area contributed by atoms with E-state index in [0.717, 1.165) is 24.3 Å². The summed E-state index contributed by atoms with van der Waals surface area (Å²) in [5.41, 5.74) is 0.886. The van der Waals surface area contributed by atoms with Crippen molar-refractivity contribution in [3.05, 3.63) is 60.2 Å². The van der Waals surface area contributed by atoms with Gasteiger partial charge in [-0.2, -0.15) is 0 Å². The zero-order valence-electron chi connectivity index (χ0n) is 13.6. The highest BCUT2D eigenvalue weighted by Gasteiger charge is 2.47. The molecular weight excluding hydrogens is 288 g/mol. The molecule has 1 aliphatic rings. The fraction of sp³-hybridized carbons (Fsp3) is 0.350. The number of carbonyl (C=O) groups is 1. The predicted octanol–water partition coefficient (Wildman–Crippen LogP) is 4.93. The van der Waals surface area contributed by atoms with Crippen LogP contribution in [0.25, 0.3) is 0 Å². The van der Waals surface area contributed by atoms with Crippen LogP contribution in [0.4, 0.5) is 0 Å². The van der Waals surface area contributed by atoms with E-state index in [-0.39, 0.29) is 11.4 Å². The van der Waals surface area contributed by atoms with Gasteiger partial charge in [-0.15, -0.1) is 0 Å². The van der Waals surface area contributed by atoms with Crippen molar-refractivity contribution in [1.82, 2.24) is 0 Å². The number of benzene rings is 2. The fourth-order valence-corrected chi connectivity index (χ4v) is 3.19. The Hall–Kier alpha value is -2.29. The van der Waals surface area contributed by atoms with E-state index >= 15 is 0 Å². The van der Waals surface area contributed by atoms with Crippen molar-refractivity contribution in [2.45, 2.75) is 32.6 Å². The Labute approximate surface area is 137 Å². The van der Waals surface area contributed by atoms with Crippen molar-refractivity contribution in [2.24, 2.45) is 5.41 Å². The number of ether oxygens (including phenoxy) is 2. The molecule has 0 spiro atoms. The van der Waals surface area contributed by atoms with E-state index in [0.29, 0.717) is 12.5 Å². The molecule has 3 heteroatoms. The molecule has 0 saturated heterocycles. The summed E-state index contributed by atoms with van der Waals surface area (Å²) in [4.78, 5) is 12.0. The standard InChI is InChI=1S/C20H22O3/c1-3-22-19(21)20(2)13-16(14-20)15-8-7-11-18(12-15)23-17-9-5-4-6-10-17/h4-12,16H,3,13-14H2,1-2H3.